The van der Waals surface area contributed by atoms with Crippen molar-refractivity contribution < 1.29 is 13.9 Å². The summed E-state index contributed by atoms with van der Waals surface area (Å²) in [6.07, 6.45) is 0. The summed E-state index contributed by atoms with van der Waals surface area (Å²) in [7, 11) is 0. The second-order valence-electron chi connectivity index (χ2n) is 5.78. The number of furan rings is 1. The standard InChI is InChI=1S/C20H18ClNO3/c1-13-6-7-14(2)18(10-13)22-20(23)19-9-8-17(25-19)12-24-16-5-3-4-15(21)11-16/h3-11H,12H2,1-2H3,(H,22,23). The zero-order valence-electron chi connectivity index (χ0n) is 14.0. The monoisotopic (exact) mass is 355 g/mol. The number of carbonyl (C=O) groups excluding carboxylic acids is 1. The number of nitrogens with one attached hydrogen (secondary N) is 1. The van der Waals surface area contributed by atoms with Gasteiger partial charge in [0, 0.05) is 10.7 Å². The minimum absolute atomic E-state index is 0.219. The Morgan fingerprint density at radius 3 is 2.76 bits per heavy atom. The molecule has 4 nitrogen and oxygen atoms in total. The van der Waals surface area contributed by atoms with Crippen LogP contribution in [0.3, 0.4) is 0 Å². The summed E-state index contributed by atoms with van der Waals surface area (Å²) in [6, 6.07) is 16.4. The third-order valence-electron chi connectivity index (χ3n) is 3.70. The van der Waals surface area contributed by atoms with Gasteiger partial charge >= 0.3 is 0 Å². The lowest BCUT2D eigenvalue weighted by Crippen LogP contribution is -2.12. The van der Waals surface area contributed by atoms with Crippen LogP contribution in [0.5, 0.6) is 5.75 Å². The maximum absolute atomic E-state index is 12.3. The maximum atomic E-state index is 12.3. The van der Waals surface area contributed by atoms with E-state index in [1.165, 1.54) is 0 Å². The van der Waals surface area contributed by atoms with Crippen LogP contribution in [-0.4, -0.2) is 5.91 Å². The lowest BCUT2D eigenvalue weighted by atomic mass is 10.1. The van der Waals surface area contributed by atoms with E-state index in [1.54, 1.807) is 24.3 Å². The Morgan fingerprint density at radius 1 is 1.12 bits per heavy atom. The molecule has 0 bridgehead atoms. The van der Waals surface area contributed by atoms with Crippen LogP contribution in [0, 0.1) is 13.8 Å². The highest BCUT2D eigenvalue weighted by Gasteiger charge is 2.13. The SMILES string of the molecule is Cc1ccc(C)c(NC(=O)c2ccc(COc3cccc(Cl)c3)o2)c1. The number of carbonyl (C=O) groups is 1. The molecule has 3 rings (SSSR count). The van der Waals surface area contributed by atoms with Crippen LogP contribution >= 0.6 is 11.6 Å². The second-order valence-corrected chi connectivity index (χ2v) is 6.22. The number of benzene rings is 2. The van der Waals surface area contributed by atoms with Crippen LogP contribution in [-0.2, 0) is 6.61 Å². The number of ether oxygens (including phenoxy) is 1. The molecule has 128 valence electrons. The fourth-order valence-corrected chi connectivity index (χ4v) is 2.52. The van der Waals surface area contributed by atoms with Crippen LogP contribution < -0.4 is 10.1 Å². The molecule has 0 aliphatic rings. The molecular formula is C20H18ClNO3. The number of anilines is 1. The molecule has 2 aromatic carbocycles. The van der Waals surface area contributed by atoms with E-state index < -0.39 is 0 Å². The number of hydrogen-bond acceptors (Lipinski definition) is 3. The first-order chi connectivity index (χ1) is 12.0. The van der Waals surface area contributed by atoms with Gasteiger partial charge in [0.2, 0.25) is 0 Å². The molecule has 0 saturated heterocycles. The molecule has 1 aromatic heterocycles. The van der Waals surface area contributed by atoms with Crippen molar-refractivity contribution in [2.24, 2.45) is 0 Å². The molecule has 0 aliphatic carbocycles. The zero-order chi connectivity index (χ0) is 17.8. The van der Waals surface area contributed by atoms with Crippen molar-refractivity contribution in [3.05, 3.63) is 82.3 Å². The number of amides is 1. The molecule has 0 atom stereocenters. The van der Waals surface area contributed by atoms with E-state index in [1.807, 2.05) is 44.2 Å². The van der Waals surface area contributed by atoms with Gasteiger partial charge in [0.25, 0.3) is 5.91 Å². The predicted octanol–water partition coefficient (Wildman–Crippen LogP) is 5.38. The van der Waals surface area contributed by atoms with Gasteiger partial charge in [-0.05, 0) is 61.4 Å². The fraction of sp³-hybridized carbons (Fsp3) is 0.150. The van der Waals surface area contributed by atoms with E-state index in [4.69, 9.17) is 20.8 Å². The normalized spacial score (nSPS) is 10.5. The molecule has 1 N–H and O–H groups in total. The van der Waals surface area contributed by atoms with Crippen molar-refractivity contribution in [2.45, 2.75) is 20.5 Å². The van der Waals surface area contributed by atoms with Crippen LogP contribution in [0.4, 0.5) is 5.69 Å². The van der Waals surface area contributed by atoms with Gasteiger partial charge in [-0.25, -0.2) is 0 Å². The lowest BCUT2D eigenvalue weighted by Gasteiger charge is -2.08. The Balaban J connectivity index is 1.64. The number of aryl methyl sites for hydroxylation is 2. The summed E-state index contributed by atoms with van der Waals surface area (Å²) < 4.78 is 11.2. The van der Waals surface area contributed by atoms with E-state index >= 15 is 0 Å². The van der Waals surface area contributed by atoms with E-state index in [0.29, 0.717) is 16.5 Å². The van der Waals surface area contributed by atoms with Crippen LogP contribution in [0.2, 0.25) is 5.02 Å². The molecule has 0 fully saturated rings. The van der Waals surface area contributed by atoms with Gasteiger partial charge in [-0.1, -0.05) is 29.8 Å². The van der Waals surface area contributed by atoms with Gasteiger partial charge in [0.1, 0.15) is 18.1 Å². The highest BCUT2D eigenvalue weighted by molar-refractivity contribution is 6.30. The summed E-state index contributed by atoms with van der Waals surface area (Å²) >= 11 is 5.92. The molecule has 3 aromatic rings. The molecule has 0 saturated carbocycles. The first-order valence-electron chi connectivity index (χ1n) is 7.87. The number of rotatable bonds is 5. The molecule has 0 unspecified atom stereocenters. The highest BCUT2D eigenvalue weighted by Crippen LogP contribution is 2.20. The quantitative estimate of drug-likeness (QED) is 0.668. The van der Waals surface area contributed by atoms with Gasteiger partial charge in [-0.15, -0.1) is 0 Å². The highest BCUT2D eigenvalue weighted by atomic mass is 35.5. The van der Waals surface area contributed by atoms with E-state index in [2.05, 4.69) is 5.32 Å². The predicted molar refractivity (Wildman–Crippen MR) is 98.4 cm³/mol. The average Bonchev–Trinajstić information content (AvgIpc) is 3.05. The Bertz CT molecular complexity index is 901. The summed E-state index contributed by atoms with van der Waals surface area (Å²) in [5.41, 5.74) is 2.85. The molecule has 0 spiro atoms. The molecule has 0 radical (unpaired) electrons. The topological polar surface area (TPSA) is 51.5 Å². The number of hydrogen-bond donors (Lipinski definition) is 1. The van der Waals surface area contributed by atoms with Gasteiger partial charge < -0.3 is 14.5 Å². The Morgan fingerprint density at radius 2 is 1.96 bits per heavy atom. The lowest BCUT2D eigenvalue weighted by molar-refractivity contribution is 0.0992. The van der Waals surface area contributed by atoms with Crippen LogP contribution in [0.1, 0.15) is 27.4 Å². The maximum Gasteiger partial charge on any atom is 0.291 e. The smallest absolute Gasteiger partial charge is 0.291 e. The summed E-state index contributed by atoms with van der Waals surface area (Å²) in [5.74, 6) is 1.16. The molecule has 5 heteroatoms. The van der Waals surface area contributed by atoms with E-state index in [-0.39, 0.29) is 18.3 Å². The average molecular weight is 356 g/mol. The second kappa shape index (κ2) is 7.45. The van der Waals surface area contributed by atoms with Crippen molar-refractivity contribution in [3.8, 4) is 5.75 Å². The molecule has 1 amide bonds. The van der Waals surface area contributed by atoms with Crippen LogP contribution in [0.25, 0.3) is 0 Å². The van der Waals surface area contributed by atoms with Gasteiger partial charge in [-0.2, -0.15) is 0 Å². The summed E-state index contributed by atoms with van der Waals surface area (Å²) in [6.45, 7) is 4.14. The number of halogens is 1. The van der Waals surface area contributed by atoms with Gasteiger partial charge in [-0.3, -0.25) is 4.79 Å². The summed E-state index contributed by atoms with van der Waals surface area (Å²) in [5, 5.41) is 3.47. The van der Waals surface area contributed by atoms with E-state index in [0.717, 1.165) is 16.8 Å². The molecule has 0 aliphatic heterocycles. The third kappa shape index (κ3) is 4.43. The Kier molecular flexibility index (Phi) is 5.10. The molecule has 1 heterocycles. The van der Waals surface area contributed by atoms with Gasteiger partial charge in [0.15, 0.2) is 5.76 Å². The molecule has 25 heavy (non-hydrogen) atoms. The van der Waals surface area contributed by atoms with Crippen molar-refractivity contribution >= 4 is 23.2 Å². The van der Waals surface area contributed by atoms with Crippen molar-refractivity contribution in [3.63, 3.8) is 0 Å². The van der Waals surface area contributed by atoms with E-state index in [9.17, 15) is 4.79 Å². The first-order valence-corrected chi connectivity index (χ1v) is 8.25. The zero-order valence-corrected chi connectivity index (χ0v) is 14.8. The Labute approximate surface area is 151 Å². The Hall–Kier alpha value is -2.72. The molecular weight excluding hydrogens is 338 g/mol. The van der Waals surface area contributed by atoms with Gasteiger partial charge in [0.05, 0.1) is 0 Å². The summed E-state index contributed by atoms with van der Waals surface area (Å²) in [4.78, 5) is 12.3. The fourth-order valence-electron chi connectivity index (χ4n) is 2.34. The van der Waals surface area contributed by atoms with Crippen LogP contribution in [0.15, 0.2) is 59.0 Å². The third-order valence-corrected chi connectivity index (χ3v) is 3.94. The minimum atomic E-state index is -0.289. The largest absolute Gasteiger partial charge is 0.486 e. The first kappa shape index (κ1) is 17.1. The van der Waals surface area contributed by atoms with Crippen molar-refractivity contribution in [2.75, 3.05) is 5.32 Å². The minimum Gasteiger partial charge on any atom is -0.486 e. The van der Waals surface area contributed by atoms with Crippen molar-refractivity contribution in [1.82, 2.24) is 0 Å². The van der Waals surface area contributed by atoms with Crippen molar-refractivity contribution in [1.29, 1.82) is 0 Å².